The third-order valence-corrected chi connectivity index (χ3v) is 7.00. The van der Waals surface area contributed by atoms with E-state index < -0.39 is 0 Å². The van der Waals surface area contributed by atoms with Crippen molar-refractivity contribution in [3.05, 3.63) is 24.3 Å². The number of ether oxygens (including phenoxy) is 1. The maximum Gasteiger partial charge on any atom is 0.315 e. The summed E-state index contributed by atoms with van der Waals surface area (Å²) in [5, 5.41) is 9.15. The van der Waals surface area contributed by atoms with Gasteiger partial charge in [-0.3, -0.25) is 9.59 Å². The molecular weight excluding hydrogens is 404 g/mol. The highest BCUT2D eigenvalue weighted by Crippen LogP contribution is 2.33. The number of unbranched alkanes of at least 4 members (excludes halogenated alkanes) is 1. The minimum absolute atomic E-state index is 0.00826. The van der Waals surface area contributed by atoms with E-state index in [-0.39, 0.29) is 36.5 Å². The number of thioether (sulfide) groups is 1. The number of carbonyl (C=O) groups is 3. The van der Waals surface area contributed by atoms with Crippen LogP contribution in [0, 0.1) is 0 Å². The third-order valence-electron chi connectivity index (χ3n) is 5.49. The Bertz CT molecular complexity index is 775. The third kappa shape index (κ3) is 5.81. The fraction of sp³-hybridized carbons (Fsp3) is 0.571. The van der Waals surface area contributed by atoms with Crippen LogP contribution in [-0.4, -0.2) is 66.0 Å². The molecule has 3 N–H and O–H groups in total. The molecule has 0 bridgehead atoms. The van der Waals surface area contributed by atoms with Gasteiger partial charge in [-0.2, -0.15) is 11.8 Å². The molecule has 2 saturated heterocycles. The number of methoxy groups -OCH3 is 1. The molecule has 1 aromatic carbocycles. The molecule has 0 aromatic heterocycles. The minimum atomic E-state index is -0.226. The Kier molecular flexibility index (Phi) is 7.84. The topological polar surface area (TPSA) is 99.8 Å². The quantitative estimate of drug-likeness (QED) is 0.387. The van der Waals surface area contributed by atoms with Crippen molar-refractivity contribution in [3.63, 3.8) is 0 Å². The van der Waals surface area contributed by atoms with Crippen LogP contribution in [0.25, 0.3) is 0 Å². The lowest BCUT2D eigenvalue weighted by atomic mass is 10.0. The molecule has 0 aliphatic carbocycles. The number of carbonyl (C=O) groups excluding carboxylic acids is 3. The SMILES string of the molecule is CCN(CC(=O)Nc1cccc(OC)c1)C(=O)CCCC[C@@H]1SC[C@@H]2NC(=O)N[C@@H]21. The molecule has 0 spiro atoms. The van der Waals surface area contributed by atoms with Crippen molar-refractivity contribution < 1.29 is 19.1 Å². The van der Waals surface area contributed by atoms with E-state index in [1.54, 1.807) is 36.3 Å². The molecule has 0 saturated carbocycles. The molecule has 2 aliphatic heterocycles. The number of likely N-dealkylation sites (N-methyl/N-ethyl adjacent to an activating group) is 1. The Morgan fingerprint density at radius 3 is 2.90 bits per heavy atom. The molecule has 4 amide bonds. The van der Waals surface area contributed by atoms with Crippen molar-refractivity contribution in [1.82, 2.24) is 15.5 Å². The maximum atomic E-state index is 12.5. The van der Waals surface area contributed by atoms with Crippen LogP contribution in [-0.2, 0) is 9.59 Å². The van der Waals surface area contributed by atoms with Gasteiger partial charge in [0.25, 0.3) is 0 Å². The molecule has 2 fully saturated rings. The summed E-state index contributed by atoms with van der Waals surface area (Å²) in [5.74, 6) is 1.37. The second-order valence-corrected chi connectivity index (χ2v) is 8.83. The lowest BCUT2D eigenvalue weighted by Crippen LogP contribution is -2.38. The zero-order valence-electron chi connectivity index (χ0n) is 17.5. The van der Waals surface area contributed by atoms with Crippen molar-refractivity contribution in [2.24, 2.45) is 0 Å². The number of amides is 4. The number of nitrogens with one attached hydrogen (secondary N) is 3. The number of hydrogen-bond acceptors (Lipinski definition) is 5. The summed E-state index contributed by atoms with van der Waals surface area (Å²) in [6.07, 6.45) is 3.11. The van der Waals surface area contributed by atoms with E-state index in [0.717, 1.165) is 25.0 Å². The van der Waals surface area contributed by atoms with E-state index in [2.05, 4.69) is 16.0 Å². The molecule has 0 unspecified atom stereocenters. The van der Waals surface area contributed by atoms with Crippen LogP contribution >= 0.6 is 11.8 Å². The van der Waals surface area contributed by atoms with E-state index in [1.807, 2.05) is 18.7 Å². The van der Waals surface area contributed by atoms with E-state index in [4.69, 9.17) is 4.74 Å². The maximum absolute atomic E-state index is 12.5. The number of nitrogens with zero attached hydrogens (tertiary/aromatic N) is 1. The second kappa shape index (κ2) is 10.6. The summed E-state index contributed by atoms with van der Waals surface area (Å²) >= 11 is 1.88. The van der Waals surface area contributed by atoms with Gasteiger partial charge in [0.1, 0.15) is 5.75 Å². The van der Waals surface area contributed by atoms with E-state index in [9.17, 15) is 14.4 Å². The first-order valence-electron chi connectivity index (χ1n) is 10.4. The van der Waals surface area contributed by atoms with Gasteiger partial charge >= 0.3 is 6.03 Å². The van der Waals surface area contributed by atoms with Crippen LogP contribution in [0.15, 0.2) is 24.3 Å². The molecule has 8 nitrogen and oxygen atoms in total. The summed E-state index contributed by atoms with van der Waals surface area (Å²) in [6.45, 7) is 2.40. The predicted octanol–water partition coefficient (Wildman–Crippen LogP) is 2.21. The van der Waals surface area contributed by atoms with Gasteiger partial charge in [0.15, 0.2) is 0 Å². The lowest BCUT2D eigenvalue weighted by Gasteiger charge is -2.21. The average Bonchev–Trinajstić information content (AvgIpc) is 3.28. The zero-order valence-corrected chi connectivity index (χ0v) is 18.3. The van der Waals surface area contributed by atoms with Crippen molar-refractivity contribution in [2.45, 2.75) is 49.9 Å². The molecular formula is C21H30N4O4S. The van der Waals surface area contributed by atoms with Gasteiger partial charge in [0, 0.05) is 35.7 Å². The highest BCUT2D eigenvalue weighted by atomic mass is 32.2. The van der Waals surface area contributed by atoms with Gasteiger partial charge in [-0.15, -0.1) is 0 Å². The first-order chi connectivity index (χ1) is 14.5. The highest BCUT2D eigenvalue weighted by molar-refractivity contribution is 8.00. The highest BCUT2D eigenvalue weighted by Gasteiger charge is 2.42. The van der Waals surface area contributed by atoms with Crippen LogP contribution in [0.2, 0.25) is 0 Å². The molecule has 9 heteroatoms. The van der Waals surface area contributed by atoms with Crippen LogP contribution < -0.4 is 20.7 Å². The van der Waals surface area contributed by atoms with Gasteiger partial charge in [0.2, 0.25) is 11.8 Å². The first kappa shape index (κ1) is 22.3. The fourth-order valence-electron chi connectivity index (χ4n) is 3.87. The standard InChI is InChI=1S/C21H30N4O4S/c1-3-25(12-18(26)22-14-7-6-8-15(11-14)29-2)19(27)10-5-4-9-17-20-16(13-30-17)23-21(28)24-20/h6-8,11,16-17,20H,3-5,9-10,12-13H2,1-2H3,(H,22,26)(H2,23,24,28)/t16-,17-,20-/m0/s1. The molecule has 3 atom stereocenters. The molecule has 2 heterocycles. The molecule has 30 heavy (non-hydrogen) atoms. The van der Waals surface area contributed by atoms with Gasteiger partial charge in [-0.1, -0.05) is 12.5 Å². The fourth-order valence-corrected chi connectivity index (χ4v) is 5.42. The Morgan fingerprint density at radius 1 is 1.30 bits per heavy atom. The number of rotatable bonds is 10. The van der Waals surface area contributed by atoms with Crippen molar-refractivity contribution in [2.75, 3.05) is 31.3 Å². The minimum Gasteiger partial charge on any atom is -0.497 e. The van der Waals surface area contributed by atoms with Gasteiger partial charge < -0.3 is 25.6 Å². The van der Waals surface area contributed by atoms with Gasteiger partial charge in [0.05, 0.1) is 25.7 Å². The second-order valence-electron chi connectivity index (χ2n) is 7.56. The summed E-state index contributed by atoms with van der Waals surface area (Å²) in [4.78, 5) is 37.9. The first-order valence-corrected chi connectivity index (χ1v) is 11.5. The number of benzene rings is 1. The Labute approximate surface area is 181 Å². The summed E-state index contributed by atoms with van der Waals surface area (Å²) in [7, 11) is 1.57. The van der Waals surface area contributed by atoms with E-state index in [0.29, 0.717) is 29.7 Å². The Hall–Kier alpha value is -2.42. The number of urea groups is 1. The molecule has 164 valence electrons. The number of fused-ring (bicyclic) bond motifs is 1. The largest absolute Gasteiger partial charge is 0.497 e. The van der Waals surface area contributed by atoms with E-state index in [1.165, 1.54) is 0 Å². The predicted molar refractivity (Wildman–Crippen MR) is 118 cm³/mol. The Morgan fingerprint density at radius 2 is 2.13 bits per heavy atom. The molecule has 1 aromatic rings. The normalized spacial score (nSPS) is 22.1. The lowest BCUT2D eigenvalue weighted by molar-refractivity contribution is -0.134. The number of hydrogen-bond donors (Lipinski definition) is 3. The number of anilines is 1. The zero-order chi connectivity index (χ0) is 21.5. The van der Waals surface area contributed by atoms with Crippen LogP contribution in [0.3, 0.4) is 0 Å². The van der Waals surface area contributed by atoms with Gasteiger partial charge in [-0.05, 0) is 31.9 Å². The average molecular weight is 435 g/mol. The monoisotopic (exact) mass is 434 g/mol. The smallest absolute Gasteiger partial charge is 0.315 e. The van der Waals surface area contributed by atoms with Crippen LogP contribution in [0.4, 0.5) is 10.5 Å². The van der Waals surface area contributed by atoms with Crippen molar-refractivity contribution >= 4 is 35.3 Å². The van der Waals surface area contributed by atoms with E-state index >= 15 is 0 Å². The molecule has 3 rings (SSSR count). The van der Waals surface area contributed by atoms with Crippen molar-refractivity contribution in [3.8, 4) is 5.75 Å². The van der Waals surface area contributed by atoms with Gasteiger partial charge in [-0.25, -0.2) is 4.79 Å². The Balaban J connectivity index is 1.38. The molecule has 0 radical (unpaired) electrons. The molecule has 2 aliphatic rings. The van der Waals surface area contributed by atoms with Crippen LogP contribution in [0.5, 0.6) is 5.75 Å². The summed E-state index contributed by atoms with van der Waals surface area (Å²) in [6, 6.07) is 7.49. The van der Waals surface area contributed by atoms with Crippen molar-refractivity contribution in [1.29, 1.82) is 0 Å². The summed E-state index contributed by atoms with van der Waals surface area (Å²) in [5.41, 5.74) is 0.642. The summed E-state index contributed by atoms with van der Waals surface area (Å²) < 4.78 is 5.16. The van der Waals surface area contributed by atoms with Crippen LogP contribution in [0.1, 0.15) is 32.6 Å².